The minimum absolute atomic E-state index is 0.562. The van der Waals surface area contributed by atoms with Crippen LogP contribution in [0.3, 0.4) is 0 Å². The summed E-state index contributed by atoms with van der Waals surface area (Å²) in [5.74, 6) is 1.71. The summed E-state index contributed by atoms with van der Waals surface area (Å²) in [7, 11) is 0. The van der Waals surface area contributed by atoms with Gasteiger partial charge in [-0.2, -0.15) is 0 Å². The topological polar surface area (TPSA) is 69.9 Å². The summed E-state index contributed by atoms with van der Waals surface area (Å²) in [4.78, 5) is 15.5. The van der Waals surface area contributed by atoms with E-state index in [1.807, 2.05) is 66.7 Å². The lowest BCUT2D eigenvalue weighted by molar-refractivity contribution is 0.668. The third-order valence-electron chi connectivity index (χ3n) is 12.8. The van der Waals surface area contributed by atoms with E-state index in [4.69, 9.17) is 23.8 Å². The van der Waals surface area contributed by atoms with Gasteiger partial charge in [0.1, 0.15) is 22.3 Å². The summed E-state index contributed by atoms with van der Waals surface area (Å²) in [6, 6.07) is 67.9. The van der Waals surface area contributed by atoms with Crippen LogP contribution in [0.2, 0.25) is 0 Å². The average molecular weight is 805 g/mol. The number of nitrogens with zero attached hydrogens (tertiary/aromatic N) is 4. The van der Waals surface area contributed by atoms with E-state index in [2.05, 4.69) is 132 Å². The molecule has 6 heteroatoms. The first-order valence-electron chi connectivity index (χ1n) is 21.2. The van der Waals surface area contributed by atoms with Crippen LogP contribution >= 0.6 is 0 Å². The molecule has 0 spiro atoms. The number of para-hydroxylation sites is 2. The second-order valence-corrected chi connectivity index (χ2v) is 16.3. The highest BCUT2D eigenvalue weighted by atomic mass is 16.3. The van der Waals surface area contributed by atoms with Gasteiger partial charge in [0.25, 0.3) is 0 Å². The maximum Gasteiger partial charge on any atom is 0.164 e. The van der Waals surface area contributed by atoms with Crippen LogP contribution in [0.5, 0.6) is 0 Å². The predicted octanol–water partition coefficient (Wildman–Crippen LogP) is 15.2. The molecule has 63 heavy (non-hydrogen) atoms. The Balaban J connectivity index is 1.00. The Kier molecular flexibility index (Phi) is 7.02. The maximum absolute atomic E-state index is 6.63. The first-order chi connectivity index (χ1) is 31.2. The van der Waals surface area contributed by atoms with Crippen LogP contribution in [0.1, 0.15) is 0 Å². The van der Waals surface area contributed by atoms with Gasteiger partial charge in [0, 0.05) is 60.1 Å². The molecular weight excluding hydrogens is 773 g/mol. The fraction of sp³-hybridized carbons (Fsp3) is 0. The minimum atomic E-state index is 0.562. The smallest absolute Gasteiger partial charge is 0.164 e. The Hall–Kier alpha value is -8.61. The normalized spacial score (nSPS) is 12.1. The first kappa shape index (κ1) is 34.1. The van der Waals surface area contributed by atoms with Crippen LogP contribution < -0.4 is 0 Å². The summed E-state index contributed by atoms with van der Waals surface area (Å²) in [6.07, 6.45) is 0. The van der Waals surface area contributed by atoms with E-state index in [0.717, 1.165) is 71.8 Å². The summed E-state index contributed by atoms with van der Waals surface area (Å²) >= 11 is 0. The van der Waals surface area contributed by atoms with Crippen molar-refractivity contribution in [2.75, 3.05) is 0 Å². The Morgan fingerprint density at radius 2 is 0.921 bits per heavy atom. The lowest BCUT2D eigenvalue weighted by Gasteiger charge is -2.13. The van der Waals surface area contributed by atoms with Crippen LogP contribution in [0.4, 0.5) is 0 Å². The molecular formula is C57H32N4O2. The molecule has 0 atom stereocenters. The molecule has 14 rings (SSSR count). The summed E-state index contributed by atoms with van der Waals surface area (Å²) in [6.45, 7) is 0. The molecule has 4 heterocycles. The van der Waals surface area contributed by atoms with Gasteiger partial charge in [0.2, 0.25) is 0 Å². The molecule has 10 aromatic carbocycles. The minimum Gasteiger partial charge on any atom is -0.456 e. The number of fused-ring (bicyclic) bond motifs is 9. The molecule has 0 bridgehead atoms. The van der Waals surface area contributed by atoms with Crippen molar-refractivity contribution in [2.45, 2.75) is 0 Å². The van der Waals surface area contributed by atoms with Gasteiger partial charge in [0.05, 0.1) is 11.0 Å². The van der Waals surface area contributed by atoms with Crippen molar-refractivity contribution in [3.8, 4) is 51.0 Å². The van der Waals surface area contributed by atoms with E-state index in [1.165, 1.54) is 48.9 Å². The maximum atomic E-state index is 6.63. The fourth-order valence-corrected chi connectivity index (χ4v) is 10.1. The van der Waals surface area contributed by atoms with Crippen molar-refractivity contribution in [1.29, 1.82) is 0 Å². The van der Waals surface area contributed by atoms with Gasteiger partial charge in [-0.05, 0) is 87.9 Å². The number of rotatable bonds is 5. The zero-order valence-electron chi connectivity index (χ0n) is 33.6. The molecule has 0 aliphatic rings. The molecule has 0 aliphatic carbocycles. The SMILES string of the molecule is c1ccc(-c2nc(-c3ccc4c(c3)oc3ccccc34)nc(-c3cccc4oc5ccc(-c6ccc7c8c6c6ccccc6c6cccc(c68)n7-c6ccccc6)cc5c34)n2)cc1. The average Bonchev–Trinajstić information content (AvgIpc) is 4.03. The lowest BCUT2D eigenvalue weighted by atomic mass is 9.89. The number of benzene rings is 10. The molecule has 0 aliphatic heterocycles. The summed E-state index contributed by atoms with van der Waals surface area (Å²) in [5, 5.41) is 11.6. The van der Waals surface area contributed by atoms with Crippen LogP contribution in [0, 0.1) is 0 Å². The van der Waals surface area contributed by atoms with Crippen molar-refractivity contribution >= 4 is 87.2 Å². The van der Waals surface area contributed by atoms with E-state index in [9.17, 15) is 0 Å². The highest BCUT2D eigenvalue weighted by molar-refractivity contribution is 6.36. The van der Waals surface area contributed by atoms with Crippen LogP contribution in [-0.4, -0.2) is 19.5 Å². The van der Waals surface area contributed by atoms with Gasteiger partial charge in [-0.3, -0.25) is 0 Å². The lowest BCUT2D eigenvalue weighted by Crippen LogP contribution is -2.00. The van der Waals surface area contributed by atoms with Gasteiger partial charge in [-0.25, -0.2) is 15.0 Å². The standard InChI is InChI=1S/C57H32N4O2/c1-3-13-33(14-4-1)55-58-56(35-25-27-40-39-18-9-10-23-47(39)63-50(40)32-35)60-57(59-55)43-21-12-24-49-51(43)44-31-34(26-30-48(44)62-49)37-28-29-46-54-52(37)41-19-8-7-17-38(41)42-20-11-22-45(53(42)54)61(46)36-15-5-2-6-16-36/h1-32H. The molecule has 4 aromatic heterocycles. The number of furan rings is 2. The second kappa shape index (κ2) is 12.9. The number of hydrogen-bond donors (Lipinski definition) is 0. The largest absolute Gasteiger partial charge is 0.456 e. The highest BCUT2D eigenvalue weighted by Gasteiger charge is 2.24. The Morgan fingerprint density at radius 1 is 0.302 bits per heavy atom. The molecule has 0 N–H and O–H groups in total. The second-order valence-electron chi connectivity index (χ2n) is 16.3. The Labute approximate surface area is 359 Å². The molecule has 6 nitrogen and oxygen atoms in total. The third-order valence-corrected chi connectivity index (χ3v) is 12.8. The van der Waals surface area contributed by atoms with E-state index >= 15 is 0 Å². The van der Waals surface area contributed by atoms with Crippen molar-refractivity contribution < 1.29 is 8.83 Å². The third kappa shape index (κ3) is 4.97. The molecule has 0 amide bonds. The van der Waals surface area contributed by atoms with Crippen molar-refractivity contribution in [2.24, 2.45) is 0 Å². The van der Waals surface area contributed by atoms with Crippen LogP contribution in [0.25, 0.3) is 138 Å². The van der Waals surface area contributed by atoms with E-state index in [1.54, 1.807) is 0 Å². The molecule has 292 valence electrons. The summed E-state index contributed by atoms with van der Waals surface area (Å²) < 4.78 is 15.3. The highest BCUT2D eigenvalue weighted by Crippen LogP contribution is 2.48. The zero-order chi connectivity index (χ0) is 41.2. The van der Waals surface area contributed by atoms with Crippen molar-refractivity contribution in [3.63, 3.8) is 0 Å². The van der Waals surface area contributed by atoms with Gasteiger partial charge in [-0.1, -0.05) is 133 Å². The zero-order valence-corrected chi connectivity index (χ0v) is 33.6. The first-order valence-corrected chi connectivity index (χ1v) is 21.2. The van der Waals surface area contributed by atoms with Crippen LogP contribution in [-0.2, 0) is 0 Å². The van der Waals surface area contributed by atoms with E-state index in [-0.39, 0.29) is 0 Å². The molecule has 14 aromatic rings. The fourth-order valence-electron chi connectivity index (χ4n) is 10.1. The Morgan fingerprint density at radius 3 is 1.79 bits per heavy atom. The van der Waals surface area contributed by atoms with Crippen LogP contribution in [0.15, 0.2) is 203 Å². The molecule has 0 unspecified atom stereocenters. The van der Waals surface area contributed by atoms with E-state index in [0.29, 0.717) is 17.5 Å². The molecule has 0 saturated heterocycles. The van der Waals surface area contributed by atoms with Gasteiger partial charge in [-0.15, -0.1) is 0 Å². The molecule has 0 radical (unpaired) electrons. The monoisotopic (exact) mass is 804 g/mol. The van der Waals surface area contributed by atoms with Gasteiger partial charge >= 0.3 is 0 Å². The van der Waals surface area contributed by atoms with Gasteiger partial charge < -0.3 is 13.4 Å². The van der Waals surface area contributed by atoms with Crippen molar-refractivity contribution in [1.82, 2.24) is 19.5 Å². The van der Waals surface area contributed by atoms with Crippen molar-refractivity contribution in [3.05, 3.63) is 194 Å². The predicted molar refractivity (Wildman–Crippen MR) is 257 cm³/mol. The van der Waals surface area contributed by atoms with E-state index < -0.39 is 0 Å². The summed E-state index contributed by atoms with van der Waals surface area (Å²) in [5.41, 5.74) is 11.6. The molecule has 0 fully saturated rings. The Bertz CT molecular complexity index is 4140. The quantitative estimate of drug-likeness (QED) is 0.162. The number of aromatic nitrogens is 4. The molecule has 0 saturated carbocycles. The number of hydrogen-bond acceptors (Lipinski definition) is 5. The van der Waals surface area contributed by atoms with Gasteiger partial charge in [0.15, 0.2) is 17.5 Å².